The Hall–Kier alpha value is -3.14. The summed E-state index contributed by atoms with van der Waals surface area (Å²) in [6, 6.07) is 11.7. The summed E-state index contributed by atoms with van der Waals surface area (Å²) < 4.78 is 45.0. The fourth-order valence-electron chi connectivity index (χ4n) is 3.71. The molecule has 0 aromatic heterocycles. The Kier molecular flexibility index (Phi) is 11.4. The van der Waals surface area contributed by atoms with Crippen LogP contribution in [-0.4, -0.2) is 56.6 Å². The van der Waals surface area contributed by atoms with E-state index in [4.69, 9.17) is 4.74 Å². The minimum Gasteiger partial charge on any atom is -0.494 e. The highest BCUT2D eigenvalue weighted by atomic mass is 32.2. The van der Waals surface area contributed by atoms with E-state index in [1.165, 1.54) is 21.3 Å². The molecule has 2 aromatic rings. The highest BCUT2D eigenvalue weighted by Crippen LogP contribution is 2.22. The Morgan fingerprint density at radius 2 is 1.65 bits per heavy atom. The van der Waals surface area contributed by atoms with Gasteiger partial charge in [-0.2, -0.15) is 0 Å². The summed E-state index contributed by atoms with van der Waals surface area (Å²) in [6.45, 7) is 8.08. The van der Waals surface area contributed by atoms with E-state index in [0.717, 1.165) is 12.7 Å². The number of sulfonamides is 1. The quantitative estimate of drug-likeness (QED) is 0.393. The first-order valence-electron chi connectivity index (χ1n) is 12.5. The van der Waals surface area contributed by atoms with Crippen molar-refractivity contribution in [2.24, 2.45) is 0 Å². The molecule has 0 spiro atoms. The van der Waals surface area contributed by atoms with E-state index < -0.39 is 16.1 Å². The molecule has 2 amide bonds. The van der Waals surface area contributed by atoms with Gasteiger partial charge in [-0.25, -0.2) is 12.8 Å². The molecule has 0 saturated heterocycles. The summed E-state index contributed by atoms with van der Waals surface area (Å²) in [7, 11) is -3.59. The minimum atomic E-state index is -3.59. The second-order valence-electron chi connectivity index (χ2n) is 9.01. The molecule has 2 aromatic carbocycles. The van der Waals surface area contributed by atoms with Crippen LogP contribution in [-0.2, 0) is 26.2 Å². The van der Waals surface area contributed by atoms with Crippen molar-refractivity contribution >= 4 is 27.5 Å². The Balaban J connectivity index is 2.15. The Morgan fingerprint density at radius 1 is 1.03 bits per heavy atom. The summed E-state index contributed by atoms with van der Waals surface area (Å²) in [5.74, 6) is -0.330. The van der Waals surface area contributed by atoms with Crippen LogP contribution in [0.25, 0.3) is 0 Å². The monoisotopic (exact) mass is 535 g/mol. The van der Waals surface area contributed by atoms with Gasteiger partial charge in [0.05, 0.1) is 18.6 Å². The molecule has 2 rings (SSSR count). The molecule has 0 radical (unpaired) electrons. The molecule has 0 aliphatic rings. The first-order chi connectivity index (χ1) is 17.5. The van der Waals surface area contributed by atoms with Gasteiger partial charge in [0.25, 0.3) is 0 Å². The number of amides is 2. The van der Waals surface area contributed by atoms with Gasteiger partial charge in [0.15, 0.2) is 0 Å². The topological polar surface area (TPSA) is 96.0 Å². The molecule has 0 aliphatic heterocycles. The predicted octanol–water partition coefficient (Wildman–Crippen LogP) is 4.10. The number of hydrogen-bond acceptors (Lipinski definition) is 5. The Bertz CT molecular complexity index is 1120. The molecule has 0 fully saturated rings. The van der Waals surface area contributed by atoms with Crippen LogP contribution in [0.5, 0.6) is 5.75 Å². The fourth-order valence-corrected chi connectivity index (χ4v) is 4.68. The van der Waals surface area contributed by atoms with Crippen molar-refractivity contribution in [1.29, 1.82) is 0 Å². The van der Waals surface area contributed by atoms with Crippen molar-refractivity contribution in [3.63, 3.8) is 0 Å². The van der Waals surface area contributed by atoms with Gasteiger partial charge < -0.3 is 15.0 Å². The van der Waals surface area contributed by atoms with Crippen LogP contribution >= 0.6 is 0 Å². The van der Waals surface area contributed by atoms with Gasteiger partial charge in [-0.15, -0.1) is 0 Å². The van der Waals surface area contributed by atoms with E-state index in [0.29, 0.717) is 23.6 Å². The van der Waals surface area contributed by atoms with Crippen molar-refractivity contribution in [1.82, 2.24) is 10.2 Å². The number of nitrogens with one attached hydrogen (secondary N) is 1. The third-order valence-corrected chi connectivity index (χ3v) is 7.22. The summed E-state index contributed by atoms with van der Waals surface area (Å²) in [5, 5.41) is 2.90. The summed E-state index contributed by atoms with van der Waals surface area (Å²) >= 11 is 0. The summed E-state index contributed by atoms with van der Waals surface area (Å²) in [6.07, 6.45) is 2.15. The van der Waals surface area contributed by atoms with Crippen molar-refractivity contribution < 1.29 is 27.1 Å². The van der Waals surface area contributed by atoms with Crippen molar-refractivity contribution in [2.45, 2.75) is 65.6 Å². The van der Waals surface area contributed by atoms with E-state index in [1.54, 1.807) is 43.3 Å². The number of nitrogens with zero attached hydrogens (tertiary/aromatic N) is 2. The number of halogens is 1. The van der Waals surface area contributed by atoms with Crippen LogP contribution in [0.3, 0.4) is 0 Å². The van der Waals surface area contributed by atoms with Crippen LogP contribution in [0, 0.1) is 5.82 Å². The number of rotatable bonds is 14. The number of benzene rings is 2. The molecule has 0 saturated carbocycles. The van der Waals surface area contributed by atoms with E-state index in [9.17, 15) is 22.4 Å². The molecule has 0 bridgehead atoms. The standard InChI is InChI=1S/C27H38FN3O5S/c1-6-20(3)29-27(33)21(4)30(19-22-10-12-23(28)13-11-22)26(32)9-8-18-31(37(5,34)35)24-14-16-25(17-15-24)36-7-2/h10-17,20-21H,6-9,18-19H2,1-5H3,(H,29,33)/t20-,21-/m0/s1. The lowest BCUT2D eigenvalue weighted by atomic mass is 10.1. The highest BCUT2D eigenvalue weighted by molar-refractivity contribution is 7.92. The largest absolute Gasteiger partial charge is 0.494 e. The molecular weight excluding hydrogens is 497 g/mol. The van der Waals surface area contributed by atoms with E-state index in [2.05, 4.69) is 5.32 Å². The molecule has 10 heteroatoms. The lowest BCUT2D eigenvalue weighted by Crippen LogP contribution is -2.49. The first-order valence-corrected chi connectivity index (χ1v) is 14.4. The van der Waals surface area contributed by atoms with Crippen molar-refractivity contribution in [3.8, 4) is 5.75 Å². The van der Waals surface area contributed by atoms with Crippen molar-refractivity contribution in [2.75, 3.05) is 23.7 Å². The average molecular weight is 536 g/mol. The van der Waals surface area contributed by atoms with Gasteiger partial charge in [-0.1, -0.05) is 19.1 Å². The van der Waals surface area contributed by atoms with E-state index in [-0.39, 0.29) is 49.6 Å². The predicted molar refractivity (Wildman–Crippen MR) is 143 cm³/mol. The van der Waals surface area contributed by atoms with Gasteiger partial charge in [0.1, 0.15) is 17.6 Å². The van der Waals surface area contributed by atoms with Gasteiger partial charge in [0, 0.05) is 25.6 Å². The zero-order chi connectivity index (χ0) is 27.6. The third-order valence-electron chi connectivity index (χ3n) is 6.02. The third kappa shape index (κ3) is 9.35. The molecule has 0 aliphatic carbocycles. The van der Waals surface area contributed by atoms with Gasteiger partial charge in [-0.05, 0) is 75.6 Å². The Morgan fingerprint density at radius 3 is 2.19 bits per heavy atom. The second-order valence-corrected chi connectivity index (χ2v) is 10.9. The van der Waals surface area contributed by atoms with E-state index >= 15 is 0 Å². The summed E-state index contributed by atoms with van der Waals surface area (Å²) in [4.78, 5) is 27.6. The molecule has 1 N–H and O–H groups in total. The number of carbonyl (C=O) groups is 2. The van der Waals surface area contributed by atoms with Gasteiger partial charge >= 0.3 is 0 Å². The number of carbonyl (C=O) groups excluding carboxylic acids is 2. The zero-order valence-electron chi connectivity index (χ0n) is 22.2. The molecule has 0 heterocycles. The van der Waals surface area contributed by atoms with Crippen LogP contribution in [0.1, 0.15) is 52.5 Å². The molecule has 0 unspecified atom stereocenters. The maximum Gasteiger partial charge on any atom is 0.242 e. The average Bonchev–Trinajstić information content (AvgIpc) is 2.85. The maximum absolute atomic E-state index is 13.4. The van der Waals surface area contributed by atoms with Crippen molar-refractivity contribution in [3.05, 3.63) is 59.9 Å². The van der Waals surface area contributed by atoms with Crippen LogP contribution in [0.2, 0.25) is 0 Å². The fraction of sp³-hybridized carbons (Fsp3) is 0.481. The Labute approximate surface area is 219 Å². The van der Waals surface area contributed by atoms with Crippen LogP contribution < -0.4 is 14.4 Å². The first kappa shape index (κ1) is 30.1. The normalized spacial score (nSPS) is 12.9. The molecular formula is C27H38FN3O5S. The second kappa shape index (κ2) is 14.0. The number of ether oxygens (including phenoxy) is 1. The smallest absolute Gasteiger partial charge is 0.242 e. The van der Waals surface area contributed by atoms with Gasteiger partial charge in [-0.3, -0.25) is 13.9 Å². The molecule has 8 nitrogen and oxygen atoms in total. The minimum absolute atomic E-state index is 0.0329. The highest BCUT2D eigenvalue weighted by Gasteiger charge is 2.27. The molecule has 2 atom stereocenters. The lowest BCUT2D eigenvalue weighted by Gasteiger charge is -2.30. The number of hydrogen-bond donors (Lipinski definition) is 1. The summed E-state index contributed by atoms with van der Waals surface area (Å²) in [5.41, 5.74) is 1.16. The van der Waals surface area contributed by atoms with Crippen LogP contribution in [0.4, 0.5) is 10.1 Å². The zero-order valence-corrected chi connectivity index (χ0v) is 23.1. The lowest BCUT2D eigenvalue weighted by molar-refractivity contribution is -0.140. The SMILES string of the molecule is CCOc1ccc(N(CCCC(=O)N(Cc2ccc(F)cc2)[C@@H](C)C(=O)N[C@@H](C)CC)S(C)(=O)=O)cc1. The molecule has 204 valence electrons. The van der Waals surface area contributed by atoms with Gasteiger partial charge in [0.2, 0.25) is 21.8 Å². The molecule has 37 heavy (non-hydrogen) atoms. The van der Waals surface area contributed by atoms with Crippen LogP contribution in [0.15, 0.2) is 48.5 Å². The number of anilines is 1. The maximum atomic E-state index is 13.4. The van der Waals surface area contributed by atoms with E-state index in [1.807, 2.05) is 20.8 Å².